The molecule has 1 aromatic heterocycles. The zero-order chi connectivity index (χ0) is 18.4. The van der Waals surface area contributed by atoms with Crippen LogP contribution in [0.4, 0.5) is 0 Å². The Morgan fingerprint density at radius 1 is 0.923 bits per heavy atom. The number of nitrogens with zero attached hydrogens (tertiary/aromatic N) is 3. The lowest BCUT2D eigenvalue weighted by atomic mass is 10.0. The van der Waals surface area contributed by atoms with E-state index < -0.39 is 0 Å². The molecule has 0 aliphatic carbocycles. The summed E-state index contributed by atoms with van der Waals surface area (Å²) in [5.74, 6) is 3.50. The van der Waals surface area contributed by atoms with Gasteiger partial charge in [0.25, 0.3) is 0 Å². The molecule has 0 unspecified atom stereocenters. The monoisotopic (exact) mass is 357 g/mol. The highest BCUT2D eigenvalue weighted by Gasteiger charge is 2.09. The minimum Gasteiger partial charge on any atom is -0.208 e. The molecule has 0 spiro atoms. The van der Waals surface area contributed by atoms with E-state index in [1.54, 1.807) is 12.2 Å². The van der Waals surface area contributed by atoms with Gasteiger partial charge in [0.1, 0.15) is 0 Å². The molecule has 0 fully saturated rings. The van der Waals surface area contributed by atoms with E-state index in [4.69, 9.17) is 18.0 Å². The molecular formula is C22H16ClN3. The van der Waals surface area contributed by atoms with Crippen molar-refractivity contribution in [1.29, 1.82) is 0 Å². The Kier molecular flexibility index (Phi) is 5.58. The van der Waals surface area contributed by atoms with Gasteiger partial charge in [-0.25, -0.2) is 4.98 Å². The van der Waals surface area contributed by atoms with Crippen molar-refractivity contribution in [3.05, 3.63) is 83.9 Å². The van der Waals surface area contributed by atoms with E-state index in [1.165, 1.54) is 0 Å². The van der Waals surface area contributed by atoms with Gasteiger partial charge in [-0.15, -0.1) is 6.42 Å². The second-order valence-electron chi connectivity index (χ2n) is 5.57. The number of hydrogen-bond donors (Lipinski definition) is 0. The third kappa shape index (κ3) is 4.24. The first kappa shape index (κ1) is 17.6. The smallest absolute Gasteiger partial charge is 0.208 e. The molecule has 0 saturated carbocycles. The largest absolute Gasteiger partial charge is 0.226 e. The quantitative estimate of drug-likeness (QED) is 0.460. The Balaban J connectivity index is 1.93. The van der Waals surface area contributed by atoms with Crippen molar-refractivity contribution >= 4 is 17.2 Å². The molecule has 3 nitrogen and oxygen atoms in total. The highest BCUT2D eigenvalue weighted by Crippen LogP contribution is 2.24. The average Bonchev–Trinajstić information content (AvgIpc) is 2.68. The fourth-order valence-electron chi connectivity index (χ4n) is 2.42. The van der Waals surface area contributed by atoms with Gasteiger partial charge in [0.05, 0.1) is 0 Å². The van der Waals surface area contributed by atoms with Crippen LogP contribution in [0, 0.1) is 12.3 Å². The normalized spacial score (nSPS) is 11.5. The fourth-order valence-corrected chi connectivity index (χ4v) is 2.58. The predicted molar refractivity (Wildman–Crippen MR) is 107 cm³/mol. The standard InChI is InChI=1S/C22H16ClN3/c1-3-4-6-9-16(2)20-24-21(26-22(23)25-20)19-14-12-18(13-15-19)17-10-7-5-8-11-17/h1,4-15H,2H3/b6-4-,16-9+. The molecule has 0 saturated heterocycles. The average molecular weight is 358 g/mol. The molecule has 2 aromatic carbocycles. The van der Waals surface area contributed by atoms with Crippen LogP contribution in [-0.4, -0.2) is 15.0 Å². The van der Waals surface area contributed by atoms with Crippen LogP contribution in [0.1, 0.15) is 12.7 Å². The highest BCUT2D eigenvalue weighted by atomic mass is 35.5. The van der Waals surface area contributed by atoms with E-state index in [0.29, 0.717) is 11.6 Å². The highest BCUT2D eigenvalue weighted by molar-refractivity contribution is 6.28. The molecule has 26 heavy (non-hydrogen) atoms. The first-order valence-corrected chi connectivity index (χ1v) is 8.42. The number of halogens is 1. The lowest BCUT2D eigenvalue weighted by molar-refractivity contribution is 1.02. The maximum atomic E-state index is 6.09. The van der Waals surface area contributed by atoms with Crippen LogP contribution < -0.4 is 0 Å². The Morgan fingerprint density at radius 2 is 1.58 bits per heavy atom. The molecule has 0 atom stereocenters. The summed E-state index contributed by atoms with van der Waals surface area (Å²) in [6, 6.07) is 18.2. The van der Waals surface area contributed by atoms with Crippen LogP contribution >= 0.6 is 11.6 Å². The van der Waals surface area contributed by atoms with Crippen molar-refractivity contribution in [2.75, 3.05) is 0 Å². The van der Waals surface area contributed by atoms with Crippen LogP contribution in [0.5, 0.6) is 0 Å². The molecule has 0 bridgehead atoms. The summed E-state index contributed by atoms with van der Waals surface area (Å²) >= 11 is 6.09. The van der Waals surface area contributed by atoms with Crippen molar-refractivity contribution < 1.29 is 0 Å². The minimum atomic E-state index is 0.158. The van der Waals surface area contributed by atoms with Crippen LogP contribution in [0.2, 0.25) is 5.28 Å². The third-order valence-corrected chi connectivity index (χ3v) is 3.92. The lowest BCUT2D eigenvalue weighted by Gasteiger charge is -2.06. The van der Waals surface area contributed by atoms with Crippen LogP contribution in [0.3, 0.4) is 0 Å². The molecule has 0 N–H and O–H groups in total. The molecule has 3 rings (SSSR count). The number of allylic oxidation sites excluding steroid dienone is 4. The van der Waals surface area contributed by atoms with Crippen molar-refractivity contribution in [1.82, 2.24) is 15.0 Å². The zero-order valence-corrected chi connectivity index (χ0v) is 15.0. The number of rotatable bonds is 4. The first-order chi connectivity index (χ1) is 12.7. The number of aromatic nitrogens is 3. The van der Waals surface area contributed by atoms with Crippen molar-refractivity contribution in [2.45, 2.75) is 6.92 Å². The summed E-state index contributed by atoms with van der Waals surface area (Å²) < 4.78 is 0. The second kappa shape index (κ2) is 8.24. The van der Waals surface area contributed by atoms with Gasteiger partial charge < -0.3 is 0 Å². The van der Waals surface area contributed by atoms with E-state index in [1.807, 2.05) is 55.5 Å². The first-order valence-electron chi connectivity index (χ1n) is 8.05. The summed E-state index contributed by atoms with van der Waals surface area (Å²) in [7, 11) is 0. The molecule has 4 heteroatoms. The number of benzene rings is 2. The third-order valence-electron chi connectivity index (χ3n) is 3.75. The van der Waals surface area contributed by atoms with Gasteiger partial charge in [0.15, 0.2) is 11.6 Å². The van der Waals surface area contributed by atoms with E-state index in [2.05, 4.69) is 33.0 Å². The molecule has 3 aromatic rings. The van der Waals surface area contributed by atoms with E-state index in [0.717, 1.165) is 22.3 Å². The zero-order valence-electron chi connectivity index (χ0n) is 14.2. The maximum absolute atomic E-state index is 6.09. The number of hydrogen-bond acceptors (Lipinski definition) is 3. The van der Waals surface area contributed by atoms with Gasteiger partial charge in [0.2, 0.25) is 5.28 Å². The molecule has 1 heterocycles. The van der Waals surface area contributed by atoms with Crippen molar-refractivity contribution in [2.24, 2.45) is 0 Å². The van der Waals surface area contributed by atoms with Crippen LogP contribution in [-0.2, 0) is 0 Å². The van der Waals surface area contributed by atoms with E-state index in [9.17, 15) is 0 Å². The lowest BCUT2D eigenvalue weighted by Crippen LogP contribution is -1.99. The molecule has 0 amide bonds. The molecule has 0 aliphatic heterocycles. The topological polar surface area (TPSA) is 38.7 Å². The summed E-state index contributed by atoms with van der Waals surface area (Å²) in [6.45, 7) is 1.90. The van der Waals surface area contributed by atoms with Crippen LogP contribution in [0.15, 0.2) is 72.8 Å². The Labute approximate surface area is 158 Å². The van der Waals surface area contributed by atoms with Gasteiger partial charge in [-0.2, -0.15) is 9.97 Å². The maximum Gasteiger partial charge on any atom is 0.226 e. The summed E-state index contributed by atoms with van der Waals surface area (Å²) in [4.78, 5) is 13.0. The molecular weight excluding hydrogens is 342 g/mol. The second-order valence-corrected chi connectivity index (χ2v) is 5.91. The van der Waals surface area contributed by atoms with E-state index >= 15 is 0 Å². The van der Waals surface area contributed by atoms with Crippen LogP contribution in [0.25, 0.3) is 28.1 Å². The molecule has 0 radical (unpaired) electrons. The van der Waals surface area contributed by atoms with Gasteiger partial charge in [-0.05, 0) is 41.3 Å². The summed E-state index contributed by atoms with van der Waals surface area (Å²) in [5.41, 5.74) is 4.02. The van der Waals surface area contributed by atoms with Crippen molar-refractivity contribution in [3.8, 4) is 34.9 Å². The molecule has 0 aliphatic rings. The van der Waals surface area contributed by atoms with Crippen molar-refractivity contribution in [3.63, 3.8) is 0 Å². The number of terminal acetylenes is 1. The molecule has 126 valence electrons. The Bertz CT molecular complexity index is 998. The fraction of sp³-hybridized carbons (Fsp3) is 0.0455. The Hall–Kier alpha value is -3.22. The predicted octanol–water partition coefficient (Wildman–Crippen LogP) is 5.45. The summed E-state index contributed by atoms with van der Waals surface area (Å²) in [5, 5.41) is 0.158. The van der Waals surface area contributed by atoms with Gasteiger partial charge >= 0.3 is 0 Å². The van der Waals surface area contributed by atoms with Gasteiger partial charge in [0, 0.05) is 5.56 Å². The summed E-state index contributed by atoms with van der Waals surface area (Å²) in [6.07, 6.45) is 10.4. The van der Waals surface area contributed by atoms with E-state index in [-0.39, 0.29) is 5.28 Å². The Morgan fingerprint density at radius 3 is 2.27 bits per heavy atom. The van der Waals surface area contributed by atoms with Gasteiger partial charge in [-0.3, -0.25) is 0 Å². The van der Waals surface area contributed by atoms with Gasteiger partial charge in [-0.1, -0.05) is 72.7 Å². The minimum absolute atomic E-state index is 0.158. The SMILES string of the molecule is C#C/C=C\C=C(/C)c1nc(Cl)nc(-c2ccc(-c3ccccc3)cc2)n1.